The highest BCUT2D eigenvalue weighted by molar-refractivity contribution is 6.08. The standard InChI is InChI=1S/C27H20N2O2/c1-31-27(30)21-15-16-23-22(18-21)25(19-10-4-2-5-11-19)26(20-12-6-3-7-13-20)29(23)24-14-8-9-17-28-24/h2-18H,1H3. The number of ether oxygens (including phenoxy) is 1. The Balaban J connectivity index is 1.96. The summed E-state index contributed by atoms with van der Waals surface area (Å²) in [6, 6.07) is 32.1. The van der Waals surface area contributed by atoms with Gasteiger partial charge in [0.15, 0.2) is 0 Å². The van der Waals surface area contributed by atoms with Gasteiger partial charge in [-0.25, -0.2) is 9.78 Å². The van der Waals surface area contributed by atoms with Gasteiger partial charge in [-0.15, -0.1) is 0 Å². The molecule has 0 atom stereocenters. The zero-order chi connectivity index (χ0) is 21.2. The fourth-order valence-electron chi connectivity index (χ4n) is 4.03. The van der Waals surface area contributed by atoms with E-state index < -0.39 is 0 Å². The summed E-state index contributed by atoms with van der Waals surface area (Å²) in [7, 11) is 1.40. The van der Waals surface area contributed by atoms with Gasteiger partial charge in [-0.1, -0.05) is 66.7 Å². The summed E-state index contributed by atoms with van der Waals surface area (Å²) >= 11 is 0. The van der Waals surface area contributed by atoms with Crippen molar-refractivity contribution in [2.75, 3.05) is 7.11 Å². The minimum absolute atomic E-state index is 0.354. The maximum absolute atomic E-state index is 12.3. The number of fused-ring (bicyclic) bond motifs is 1. The lowest BCUT2D eigenvalue weighted by Gasteiger charge is -2.12. The largest absolute Gasteiger partial charge is 0.465 e. The highest BCUT2D eigenvalue weighted by atomic mass is 16.5. The van der Waals surface area contributed by atoms with Crippen molar-refractivity contribution >= 4 is 16.9 Å². The SMILES string of the molecule is COC(=O)c1ccc2c(c1)c(-c1ccccc1)c(-c1ccccc1)n2-c1ccccn1. The number of methoxy groups -OCH3 is 1. The van der Waals surface area contributed by atoms with Gasteiger partial charge in [0.25, 0.3) is 0 Å². The molecular formula is C27H20N2O2. The second-order valence-electron chi connectivity index (χ2n) is 7.20. The highest BCUT2D eigenvalue weighted by Crippen LogP contribution is 2.42. The summed E-state index contributed by atoms with van der Waals surface area (Å²) in [5, 5.41) is 0.971. The van der Waals surface area contributed by atoms with E-state index >= 15 is 0 Å². The summed E-state index contributed by atoms with van der Waals surface area (Å²) < 4.78 is 7.14. The highest BCUT2D eigenvalue weighted by Gasteiger charge is 2.22. The summed E-state index contributed by atoms with van der Waals surface area (Å²) in [4.78, 5) is 16.9. The number of esters is 1. The minimum Gasteiger partial charge on any atom is -0.465 e. The third kappa shape index (κ3) is 3.28. The summed E-state index contributed by atoms with van der Waals surface area (Å²) in [6.45, 7) is 0. The number of carbonyl (C=O) groups excluding carboxylic acids is 1. The van der Waals surface area contributed by atoms with Gasteiger partial charge in [0, 0.05) is 17.1 Å². The Morgan fingerprint density at radius 3 is 2.13 bits per heavy atom. The first-order chi connectivity index (χ1) is 15.3. The van der Waals surface area contributed by atoms with Crippen LogP contribution < -0.4 is 0 Å². The molecule has 0 N–H and O–H groups in total. The van der Waals surface area contributed by atoms with Crippen molar-refractivity contribution in [2.24, 2.45) is 0 Å². The molecule has 0 spiro atoms. The molecule has 31 heavy (non-hydrogen) atoms. The van der Waals surface area contributed by atoms with Crippen LogP contribution in [0.1, 0.15) is 10.4 Å². The minimum atomic E-state index is -0.354. The number of pyridine rings is 1. The zero-order valence-electron chi connectivity index (χ0n) is 17.0. The van der Waals surface area contributed by atoms with E-state index in [0.29, 0.717) is 5.56 Å². The van der Waals surface area contributed by atoms with Crippen LogP contribution in [0.5, 0.6) is 0 Å². The fourth-order valence-corrected chi connectivity index (χ4v) is 4.03. The van der Waals surface area contributed by atoms with Crippen molar-refractivity contribution in [1.82, 2.24) is 9.55 Å². The third-order valence-corrected chi connectivity index (χ3v) is 5.38. The first-order valence-electron chi connectivity index (χ1n) is 10.1. The Morgan fingerprint density at radius 1 is 0.806 bits per heavy atom. The maximum atomic E-state index is 12.3. The molecule has 2 aromatic heterocycles. The summed E-state index contributed by atoms with van der Waals surface area (Å²) in [6.07, 6.45) is 1.79. The molecule has 150 valence electrons. The van der Waals surface area contributed by atoms with Gasteiger partial charge in [0.1, 0.15) is 5.82 Å². The van der Waals surface area contributed by atoms with Gasteiger partial charge < -0.3 is 4.74 Å². The van der Waals surface area contributed by atoms with E-state index in [0.717, 1.165) is 39.1 Å². The zero-order valence-corrected chi connectivity index (χ0v) is 17.0. The number of nitrogens with zero attached hydrogens (tertiary/aromatic N) is 2. The molecule has 0 bridgehead atoms. The van der Waals surface area contributed by atoms with Crippen molar-refractivity contribution in [3.63, 3.8) is 0 Å². The van der Waals surface area contributed by atoms with Gasteiger partial charge in [-0.3, -0.25) is 4.57 Å². The molecule has 0 unspecified atom stereocenters. The second kappa shape index (κ2) is 7.92. The van der Waals surface area contributed by atoms with Crippen molar-refractivity contribution in [3.05, 3.63) is 109 Å². The number of carbonyl (C=O) groups is 1. The maximum Gasteiger partial charge on any atom is 0.337 e. The van der Waals surface area contributed by atoms with E-state index in [-0.39, 0.29) is 5.97 Å². The Hall–Kier alpha value is -4.18. The second-order valence-corrected chi connectivity index (χ2v) is 7.20. The first-order valence-corrected chi connectivity index (χ1v) is 10.1. The third-order valence-electron chi connectivity index (χ3n) is 5.38. The van der Waals surface area contributed by atoms with Crippen molar-refractivity contribution < 1.29 is 9.53 Å². The quantitative estimate of drug-likeness (QED) is 0.338. The predicted molar refractivity (Wildman–Crippen MR) is 123 cm³/mol. The molecule has 0 aliphatic rings. The Kier molecular flexibility index (Phi) is 4.81. The van der Waals surface area contributed by atoms with Crippen molar-refractivity contribution in [3.8, 4) is 28.2 Å². The average molecular weight is 404 g/mol. The predicted octanol–water partition coefficient (Wildman–Crippen LogP) is 6.15. The molecular weight excluding hydrogens is 384 g/mol. The number of hydrogen-bond acceptors (Lipinski definition) is 3. The van der Waals surface area contributed by atoms with Crippen LogP contribution in [0.2, 0.25) is 0 Å². The van der Waals surface area contributed by atoms with E-state index in [1.807, 2.05) is 66.7 Å². The number of rotatable bonds is 4. The lowest BCUT2D eigenvalue weighted by molar-refractivity contribution is 0.0601. The van der Waals surface area contributed by atoms with E-state index in [4.69, 9.17) is 4.74 Å². The van der Waals surface area contributed by atoms with Crippen LogP contribution in [0.25, 0.3) is 39.1 Å². The average Bonchev–Trinajstić information content (AvgIpc) is 3.19. The molecule has 0 saturated carbocycles. The van der Waals surface area contributed by atoms with Crippen LogP contribution in [-0.2, 0) is 4.74 Å². The van der Waals surface area contributed by atoms with Crippen LogP contribution in [0, 0.1) is 0 Å². The van der Waals surface area contributed by atoms with Crippen molar-refractivity contribution in [2.45, 2.75) is 0 Å². The lowest BCUT2D eigenvalue weighted by Crippen LogP contribution is -2.01. The van der Waals surface area contributed by atoms with Gasteiger partial charge >= 0.3 is 5.97 Å². The van der Waals surface area contributed by atoms with Crippen LogP contribution in [-0.4, -0.2) is 22.6 Å². The fraction of sp³-hybridized carbons (Fsp3) is 0.0370. The molecule has 0 radical (unpaired) electrons. The molecule has 0 fully saturated rings. The molecule has 0 aliphatic carbocycles. The number of hydrogen-bond donors (Lipinski definition) is 0. The topological polar surface area (TPSA) is 44.1 Å². The van der Waals surface area contributed by atoms with Gasteiger partial charge in [-0.2, -0.15) is 0 Å². The van der Waals surface area contributed by atoms with E-state index in [9.17, 15) is 4.79 Å². The summed E-state index contributed by atoms with van der Waals surface area (Å²) in [5.74, 6) is 0.465. The number of benzene rings is 3. The van der Waals surface area contributed by atoms with Crippen LogP contribution in [0.15, 0.2) is 103 Å². The normalized spacial score (nSPS) is 10.9. The van der Waals surface area contributed by atoms with Crippen LogP contribution >= 0.6 is 0 Å². The molecule has 3 aromatic carbocycles. The van der Waals surface area contributed by atoms with Gasteiger partial charge in [0.05, 0.1) is 23.9 Å². The van der Waals surface area contributed by atoms with Gasteiger partial charge in [0.2, 0.25) is 0 Å². The smallest absolute Gasteiger partial charge is 0.337 e. The molecule has 5 rings (SSSR count). The van der Waals surface area contributed by atoms with Crippen LogP contribution in [0.3, 0.4) is 0 Å². The van der Waals surface area contributed by atoms with E-state index in [1.54, 1.807) is 12.3 Å². The van der Waals surface area contributed by atoms with Gasteiger partial charge in [-0.05, 0) is 41.5 Å². The lowest BCUT2D eigenvalue weighted by atomic mass is 9.97. The molecule has 0 saturated heterocycles. The molecule has 0 aliphatic heterocycles. The first kappa shape index (κ1) is 18.8. The van der Waals surface area contributed by atoms with E-state index in [2.05, 4.69) is 33.8 Å². The molecule has 4 heteroatoms. The van der Waals surface area contributed by atoms with Crippen molar-refractivity contribution in [1.29, 1.82) is 0 Å². The monoisotopic (exact) mass is 404 g/mol. The Morgan fingerprint density at radius 2 is 1.48 bits per heavy atom. The molecule has 2 heterocycles. The Labute approximate surface area is 180 Å². The molecule has 4 nitrogen and oxygen atoms in total. The molecule has 0 amide bonds. The summed E-state index contributed by atoms with van der Waals surface area (Å²) in [5.41, 5.74) is 5.72. The number of aromatic nitrogens is 2. The van der Waals surface area contributed by atoms with Crippen LogP contribution in [0.4, 0.5) is 0 Å². The molecule has 5 aromatic rings. The Bertz CT molecular complexity index is 1360. The van der Waals surface area contributed by atoms with E-state index in [1.165, 1.54) is 7.11 Å².